The topological polar surface area (TPSA) is 38.3 Å². The van der Waals surface area contributed by atoms with Crippen molar-refractivity contribution in [3.05, 3.63) is 0 Å². The lowest BCUT2D eigenvalue weighted by atomic mass is 10.1. The molecule has 1 aliphatic carbocycles. The highest BCUT2D eigenvalue weighted by Gasteiger charge is 2.31. The van der Waals surface area contributed by atoms with E-state index in [1.54, 1.807) is 0 Å². The lowest BCUT2D eigenvalue weighted by Crippen LogP contribution is -2.42. The molecule has 1 rings (SSSR count). The second kappa shape index (κ2) is 3.56. The molecular formula is C10H19NO2. The van der Waals surface area contributed by atoms with Crippen molar-refractivity contribution < 1.29 is 9.53 Å². The van der Waals surface area contributed by atoms with Crippen LogP contribution in [0.15, 0.2) is 0 Å². The molecule has 0 radical (unpaired) electrons. The third-order valence-corrected chi connectivity index (χ3v) is 2.06. The predicted molar refractivity (Wildman–Crippen MR) is 51.6 cm³/mol. The molecule has 0 aliphatic heterocycles. The Bertz CT molecular complexity index is 192. The first-order valence-electron chi connectivity index (χ1n) is 4.87. The second-order valence-electron chi connectivity index (χ2n) is 4.82. The maximum atomic E-state index is 11.3. The summed E-state index contributed by atoms with van der Waals surface area (Å²) in [5, 5.41) is 2.77. The van der Waals surface area contributed by atoms with Gasteiger partial charge >= 0.3 is 6.09 Å². The van der Waals surface area contributed by atoms with Gasteiger partial charge in [0.05, 0.1) is 0 Å². The van der Waals surface area contributed by atoms with Gasteiger partial charge in [0.2, 0.25) is 0 Å². The van der Waals surface area contributed by atoms with Crippen LogP contribution < -0.4 is 5.32 Å². The van der Waals surface area contributed by atoms with Gasteiger partial charge in [-0.1, -0.05) is 0 Å². The van der Waals surface area contributed by atoms with E-state index in [4.69, 9.17) is 4.74 Å². The van der Waals surface area contributed by atoms with Crippen LogP contribution in [0.1, 0.15) is 40.5 Å². The summed E-state index contributed by atoms with van der Waals surface area (Å²) in [5.74, 6) is 0.603. The van der Waals surface area contributed by atoms with Gasteiger partial charge in [0.25, 0.3) is 0 Å². The monoisotopic (exact) mass is 185 g/mol. The number of amides is 1. The number of hydrogen-bond donors (Lipinski definition) is 1. The smallest absolute Gasteiger partial charge is 0.407 e. The zero-order chi connectivity index (χ0) is 10.1. The molecule has 1 fully saturated rings. The summed E-state index contributed by atoms with van der Waals surface area (Å²) in [7, 11) is 0. The van der Waals surface area contributed by atoms with Crippen LogP contribution in [0.4, 0.5) is 4.79 Å². The number of alkyl carbamates (subject to hydrolysis) is 1. The van der Waals surface area contributed by atoms with Crippen LogP contribution in [0.3, 0.4) is 0 Å². The van der Waals surface area contributed by atoms with Crippen LogP contribution in [0.25, 0.3) is 0 Å². The number of carbonyl (C=O) groups excluding carboxylic acids is 1. The van der Waals surface area contributed by atoms with Crippen molar-refractivity contribution >= 4 is 6.09 Å². The van der Waals surface area contributed by atoms with Gasteiger partial charge in [0.15, 0.2) is 0 Å². The molecule has 1 N–H and O–H groups in total. The van der Waals surface area contributed by atoms with Crippen LogP contribution in [0, 0.1) is 5.92 Å². The Morgan fingerprint density at radius 2 is 2.00 bits per heavy atom. The third kappa shape index (κ3) is 4.15. The van der Waals surface area contributed by atoms with E-state index in [2.05, 4.69) is 5.32 Å². The zero-order valence-electron chi connectivity index (χ0n) is 8.89. The summed E-state index contributed by atoms with van der Waals surface area (Å²) in [6, 6.07) is 0. The number of rotatable bonds is 2. The average Bonchev–Trinajstić information content (AvgIpc) is 2.60. The van der Waals surface area contributed by atoms with Gasteiger partial charge in [-0.05, 0) is 46.5 Å². The van der Waals surface area contributed by atoms with E-state index in [1.165, 1.54) is 12.8 Å². The quantitative estimate of drug-likeness (QED) is 0.717. The van der Waals surface area contributed by atoms with Crippen molar-refractivity contribution in [2.45, 2.75) is 52.2 Å². The minimum atomic E-state index is -0.299. The molecule has 3 nitrogen and oxygen atoms in total. The number of ether oxygens (including phenoxy) is 1. The van der Waals surface area contributed by atoms with E-state index in [1.807, 2.05) is 27.7 Å². The Kier molecular flexibility index (Phi) is 2.84. The van der Waals surface area contributed by atoms with Gasteiger partial charge in [-0.15, -0.1) is 0 Å². The van der Waals surface area contributed by atoms with E-state index in [0.717, 1.165) is 0 Å². The van der Waals surface area contributed by atoms with Crippen molar-refractivity contribution in [2.75, 3.05) is 0 Å². The van der Waals surface area contributed by atoms with E-state index >= 15 is 0 Å². The summed E-state index contributed by atoms with van der Waals surface area (Å²) < 4.78 is 5.20. The maximum Gasteiger partial charge on any atom is 0.407 e. The van der Waals surface area contributed by atoms with Gasteiger partial charge in [-0.25, -0.2) is 4.79 Å². The molecule has 0 aromatic rings. The summed E-state index contributed by atoms with van der Waals surface area (Å²) >= 11 is 0. The molecule has 1 unspecified atom stereocenters. The normalized spacial score (nSPS) is 19.4. The van der Waals surface area contributed by atoms with Gasteiger partial charge < -0.3 is 10.1 Å². The van der Waals surface area contributed by atoms with Crippen molar-refractivity contribution in [1.82, 2.24) is 5.32 Å². The molecule has 1 saturated carbocycles. The molecular weight excluding hydrogens is 166 g/mol. The van der Waals surface area contributed by atoms with E-state index in [9.17, 15) is 4.79 Å². The Balaban J connectivity index is 2.24. The highest BCUT2D eigenvalue weighted by atomic mass is 16.6. The van der Waals surface area contributed by atoms with Crippen LogP contribution in [-0.2, 0) is 4.74 Å². The molecule has 0 aromatic heterocycles. The fourth-order valence-corrected chi connectivity index (χ4v) is 1.17. The molecule has 0 saturated heterocycles. The van der Waals surface area contributed by atoms with Gasteiger partial charge in [-0.2, -0.15) is 0 Å². The molecule has 1 atom stereocenters. The Hall–Kier alpha value is -0.730. The Labute approximate surface area is 79.8 Å². The number of carbonyl (C=O) groups is 1. The summed E-state index contributed by atoms with van der Waals surface area (Å²) in [4.78, 5) is 11.3. The lowest BCUT2D eigenvalue weighted by molar-refractivity contribution is 0.0892. The van der Waals surface area contributed by atoms with Crippen LogP contribution in [0.2, 0.25) is 0 Å². The first-order chi connectivity index (χ1) is 5.88. The third-order valence-electron chi connectivity index (χ3n) is 2.06. The number of hydrogen-bond acceptors (Lipinski definition) is 2. The largest absolute Gasteiger partial charge is 0.446 e. The molecule has 0 bridgehead atoms. The van der Waals surface area contributed by atoms with Crippen molar-refractivity contribution in [3.8, 4) is 0 Å². The maximum absolute atomic E-state index is 11.3. The fourth-order valence-electron chi connectivity index (χ4n) is 1.17. The van der Waals surface area contributed by atoms with E-state index in [0.29, 0.717) is 5.92 Å². The van der Waals surface area contributed by atoms with Crippen LogP contribution in [0.5, 0.6) is 0 Å². The molecule has 0 heterocycles. The second-order valence-corrected chi connectivity index (χ2v) is 4.82. The van der Waals surface area contributed by atoms with Crippen molar-refractivity contribution in [2.24, 2.45) is 5.92 Å². The fraction of sp³-hybridized carbons (Fsp3) is 0.900. The molecule has 76 valence electrons. The van der Waals surface area contributed by atoms with Gasteiger partial charge in [-0.3, -0.25) is 0 Å². The molecule has 0 aromatic carbocycles. The van der Waals surface area contributed by atoms with Crippen LogP contribution in [-0.4, -0.2) is 17.7 Å². The standard InChI is InChI=1S/C10H19NO2/c1-7(8-5-6-8)13-9(12)11-10(2,3)4/h7-8H,5-6H2,1-4H3,(H,11,12). The molecule has 1 amide bonds. The minimum absolute atomic E-state index is 0.0716. The molecule has 1 aliphatic rings. The molecule has 0 spiro atoms. The van der Waals surface area contributed by atoms with Gasteiger partial charge in [0.1, 0.15) is 6.10 Å². The average molecular weight is 185 g/mol. The minimum Gasteiger partial charge on any atom is -0.446 e. The lowest BCUT2D eigenvalue weighted by Gasteiger charge is -2.21. The zero-order valence-corrected chi connectivity index (χ0v) is 8.89. The molecule has 13 heavy (non-hydrogen) atoms. The highest BCUT2D eigenvalue weighted by molar-refractivity contribution is 5.68. The van der Waals surface area contributed by atoms with E-state index < -0.39 is 0 Å². The van der Waals surface area contributed by atoms with Crippen molar-refractivity contribution in [3.63, 3.8) is 0 Å². The predicted octanol–water partition coefficient (Wildman–Crippen LogP) is 2.31. The summed E-state index contributed by atoms with van der Waals surface area (Å²) in [6.07, 6.45) is 2.17. The Morgan fingerprint density at radius 3 is 2.38 bits per heavy atom. The highest BCUT2D eigenvalue weighted by Crippen LogP contribution is 2.33. The van der Waals surface area contributed by atoms with Gasteiger partial charge in [0, 0.05) is 5.54 Å². The van der Waals surface area contributed by atoms with Crippen molar-refractivity contribution in [1.29, 1.82) is 0 Å². The summed E-state index contributed by atoms with van der Waals surface area (Å²) in [6.45, 7) is 7.78. The SMILES string of the molecule is CC(OC(=O)NC(C)(C)C)C1CC1. The summed E-state index contributed by atoms with van der Waals surface area (Å²) in [5.41, 5.74) is -0.208. The van der Waals surface area contributed by atoms with E-state index in [-0.39, 0.29) is 17.7 Å². The Morgan fingerprint density at radius 1 is 1.46 bits per heavy atom. The molecule has 3 heteroatoms. The first-order valence-corrected chi connectivity index (χ1v) is 4.87. The number of nitrogens with one attached hydrogen (secondary N) is 1. The van der Waals surface area contributed by atoms with Crippen LogP contribution >= 0.6 is 0 Å². The first kappa shape index (κ1) is 10.4.